The minimum atomic E-state index is -0.385. The van der Waals surface area contributed by atoms with Gasteiger partial charge in [0.25, 0.3) is 5.91 Å². The maximum absolute atomic E-state index is 13.7. The SMILES string of the molecule is CCNc1c(F)cccc1C(=O)NCC1(C)CCC1. The summed E-state index contributed by atoms with van der Waals surface area (Å²) in [7, 11) is 0. The van der Waals surface area contributed by atoms with Crippen molar-refractivity contribution in [2.45, 2.75) is 33.1 Å². The van der Waals surface area contributed by atoms with Crippen LogP contribution in [0.4, 0.5) is 10.1 Å². The van der Waals surface area contributed by atoms with Crippen molar-refractivity contribution in [3.8, 4) is 0 Å². The van der Waals surface area contributed by atoms with Gasteiger partial charge in [-0.1, -0.05) is 19.4 Å². The monoisotopic (exact) mass is 264 g/mol. The van der Waals surface area contributed by atoms with Gasteiger partial charge < -0.3 is 10.6 Å². The van der Waals surface area contributed by atoms with Crippen LogP contribution in [0.15, 0.2) is 18.2 Å². The Kier molecular flexibility index (Phi) is 4.08. The number of nitrogens with one attached hydrogen (secondary N) is 2. The Morgan fingerprint density at radius 1 is 1.42 bits per heavy atom. The number of hydrogen-bond acceptors (Lipinski definition) is 2. The molecule has 19 heavy (non-hydrogen) atoms. The van der Waals surface area contributed by atoms with Crippen molar-refractivity contribution in [1.29, 1.82) is 0 Å². The van der Waals surface area contributed by atoms with Gasteiger partial charge in [-0.25, -0.2) is 4.39 Å². The molecule has 104 valence electrons. The molecule has 0 heterocycles. The molecule has 0 bridgehead atoms. The molecule has 0 aromatic heterocycles. The standard InChI is InChI=1S/C15H21FN2O/c1-3-17-13-11(6-4-7-12(13)16)14(19)18-10-15(2)8-5-9-15/h4,6-7,17H,3,5,8-10H2,1-2H3,(H,18,19). The number of rotatable bonds is 5. The normalized spacial score (nSPS) is 16.6. The molecule has 1 aromatic rings. The Bertz CT molecular complexity index is 469. The maximum atomic E-state index is 13.7. The molecule has 1 aromatic carbocycles. The number of carbonyl (C=O) groups excluding carboxylic acids is 1. The molecule has 2 N–H and O–H groups in total. The van der Waals surface area contributed by atoms with Crippen molar-refractivity contribution in [2.75, 3.05) is 18.4 Å². The first-order valence-corrected chi connectivity index (χ1v) is 6.86. The van der Waals surface area contributed by atoms with E-state index in [0.717, 1.165) is 12.8 Å². The molecule has 0 saturated heterocycles. The zero-order chi connectivity index (χ0) is 13.9. The number of amides is 1. The Morgan fingerprint density at radius 2 is 2.16 bits per heavy atom. The average Bonchev–Trinajstić information content (AvgIpc) is 2.36. The fourth-order valence-corrected chi connectivity index (χ4v) is 2.42. The number of halogens is 1. The summed E-state index contributed by atoms with van der Waals surface area (Å²) in [6, 6.07) is 4.58. The van der Waals surface area contributed by atoms with Crippen LogP contribution in [0, 0.1) is 11.2 Å². The lowest BCUT2D eigenvalue weighted by atomic mass is 9.70. The summed E-state index contributed by atoms with van der Waals surface area (Å²) in [5.74, 6) is -0.590. The Balaban J connectivity index is 2.07. The summed E-state index contributed by atoms with van der Waals surface area (Å²) >= 11 is 0. The van der Waals surface area contributed by atoms with E-state index in [1.54, 1.807) is 12.1 Å². The van der Waals surface area contributed by atoms with Crippen LogP contribution in [0.3, 0.4) is 0 Å². The highest BCUT2D eigenvalue weighted by atomic mass is 19.1. The summed E-state index contributed by atoms with van der Waals surface area (Å²) in [5, 5.41) is 5.84. The van der Waals surface area contributed by atoms with Crippen molar-refractivity contribution in [2.24, 2.45) is 5.41 Å². The number of benzene rings is 1. The number of carbonyl (C=O) groups is 1. The highest BCUT2D eigenvalue weighted by molar-refractivity contribution is 5.99. The Labute approximate surface area is 113 Å². The van der Waals surface area contributed by atoms with Gasteiger partial charge in [0.1, 0.15) is 5.82 Å². The van der Waals surface area contributed by atoms with E-state index in [9.17, 15) is 9.18 Å². The fraction of sp³-hybridized carbons (Fsp3) is 0.533. The number of anilines is 1. The third kappa shape index (κ3) is 3.06. The van der Waals surface area contributed by atoms with Gasteiger partial charge in [-0.2, -0.15) is 0 Å². The molecule has 2 rings (SSSR count). The van der Waals surface area contributed by atoms with Crippen LogP contribution < -0.4 is 10.6 Å². The van der Waals surface area contributed by atoms with Crippen molar-refractivity contribution >= 4 is 11.6 Å². The predicted octanol–water partition coefficient (Wildman–Crippen LogP) is 3.18. The lowest BCUT2D eigenvalue weighted by Crippen LogP contribution is -2.40. The van der Waals surface area contributed by atoms with Crippen molar-refractivity contribution < 1.29 is 9.18 Å². The van der Waals surface area contributed by atoms with Crippen LogP contribution in [0.2, 0.25) is 0 Å². The van der Waals surface area contributed by atoms with Gasteiger partial charge in [0.05, 0.1) is 11.3 Å². The van der Waals surface area contributed by atoms with Crippen molar-refractivity contribution in [3.05, 3.63) is 29.6 Å². The zero-order valence-corrected chi connectivity index (χ0v) is 11.6. The van der Waals surface area contributed by atoms with Gasteiger partial charge in [0.2, 0.25) is 0 Å². The largest absolute Gasteiger partial charge is 0.382 e. The minimum Gasteiger partial charge on any atom is -0.382 e. The summed E-state index contributed by atoms with van der Waals surface area (Å²) in [4.78, 5) is 12.2. The molecule has 1 fully saturated rings. The van der Waals surface area contributed by atoms with Gasteiger partial charge in [-0.3, -0.25) is 4.79 Å². The second-order valence-electron chi connectivity index (χ2n) is 5.54. The van der Waals surface area contributed by atoms with Crippen LogP contribution in [0.1, 0.15) is 43.5 Å². The van der Waals surface area contributed by atoms with E-state index in [1.165, 1.54) is 12.5 Å². The quantitative estimate of drug-likeness (QED) is 0.857. The van der Waals surface area contributed by atoms with E-state index in [1.807, 2.05) is 6.92 Å². The molecule has 0 radical (unpaired) electrons. The first-order valence-electron chi connectivity index (χ1n) is 6.86. The summed E-state index contributed by atoms with van der Waals surface area (Å²) in [5.41, 5.74) is 0.896. The molecule has 0 spiro atoms. The van der Waals surface area contributed by atoms with Crippen molar-refractivity contribution in [3.63, 3.8) is 0 Å². The third-order valence-electron chi connectivity index (χ3n) is 3.85. The predicted molar refractivity (Wildman–Crippen MR) is 74.9 cm³/mol. The summed E-state index contributed by atoms with van der Waals surface area (Å²) in [6.07, 6.45) is 3.53. The molecule has 1 aliphatic rings. The van der Waals surface area contributed by atoms with Crippen LogP contribution in [0.5, 0.6) is 0 Å². The van der Waals surface area contributed by atoms with Crippen LogP contribution in [0.25, 0.3) is 0 Å². The molecule has 0 unspecified atom stereocenters. The van der Waals surface area contributed by atoms with E-state index >= 15 is 0 Å². The number of para-hydroxylation sites is 1. The number of hydrogen-bond donors (Lipinski definition) is 2. The van der Waals surface area contributed by atoms with Crippen molar-refractivity contribution in [1.82, 2.24) is 5.32 Å². The Hall–Kier alpha value is -1.58. The average molecular weight is 264 g/mol. The summed E-state index contributed by atoms with van der Waals surface area (Å²) in [6.45, 7) is 5.30. The van der Waals surface area contributed by atoms with E-state index in [4.69, 9.17) is 0 Å². The minimum absolute atomic E-state index is 0.205. The van der Waals surface area contributed by atoms with E-state index in [2.05, 4.69) is 17.6 Å². The van der Waals surface area contributed by atoms with E-state index < -0.39 is 0 Å². The molecule has 1 aliphatic carbocycles. The van der Waals surface area contributed by atoms with E-state index in [-0.39, 0.29) is 17.1 Å². The topological polar surface area (TPSA) is 41.1 Å². The van der Waals surface area contributed by atoms with Crippen LogP contribution >= 0.6 is 0 Å². The smallest absolute Gasteiger partial charge is 0.253 e. The second-order valence-corrected chi connectivity index (χ2v) is 5.54. The summed E-state index contributed by atoms with van der Waals surface area (Å²) < 4.78 is 13.7. The van der Waals surface area contributed by atoms with Gasteiger partial charge >= 0.3 is 0 Å². The zero-order valence-electron chi connectivity index (χ0n) is 11.6. The van der Waals surface area contributed by atoms with Gasteiger partial charge in [0, 0.05) is 13.1 Å². The van der Waals surface area contributed by atoms with Crippen LogP contribution in [-0.2, 0) is 0 Å². The van der Waals surface area contributed by atoms with E-state index in [0.29, 0.717) is 24.3 Å². The van der Waals surface area contributed by atoms with Crippen LogP contribution in [-0.4, -0.2) is 19.0 Å². The van der Waals surface area contributed by atoms with Gasteiger partial charge in [0.15, 0.2) is 0 Å². The molecule has 0 atom stereocenters. The second kappa shape index (κ2) is 5.59. The molecular weight excluding hydrogens is 243 g/mol. The van der Waals surface area contributed by atoms with Gasteiger partial charge in [-0.05, 0) is 37.3 Å². The molecule has 1 amide bonds. The first-order chi connectivity index (χ1) is 9.06. The lowest BCUT2D eigenvalue weighted by molar-refractivity contribution is 0.0891. The lowest BCUT2D eigenvalue weighted by Gasteiger charge is -2.38. The fourth-order valence-electron chi connectivity index (χ4n) is 2.42. The third-order valence-corrected chi connectivity index (χ3v) is 3.85. The molecular formula is C15H21FN2O. The molecule has 0 aliphatic heterocycles. The maximum Gasteiger partial charge on any atom is 0.253 e. The molecule has 3 nitrogen and oxygen atoms in total. The molecule has 1 saturated carbocycles. The first kappa shape index (κ1) is 13.8. The highest BCUT2D eigenvalue weighted by Crippen LogP contribution is 2.39. The highest BCUT2D eigenvalue weighted by Gasteiger charge is 2.32. The molecule has 4 heteroatoms. The Morgan fingerprint density at radius 3 is 2.74 bits per heavy atom. The van der Waals surface area contributed by atoms with Gasteiger partial charge in [-0.15, -0.1) is 0 Å².